The van der Waals surface area contributed by atoms with Crippen molar-refractivity contribution in [1.29, 1.82) is 0 Å². The molecular weight excluding hydrogens is 204 g/mol. The molecule has 2 aromatic rings. The van der Waals surface area contributed by atoms with Crippen molar-refractivity contribution in [3.63, 3.8) is 0 Å². The molecule has 0 aliphatic carbocycles. The molecule has 3 nitrogen and oxygen atoms in total. The van der Waals surface area contributed by atoms with Crippen LogP contribution in [0.1, 0.15) is 15.9 Å². The van der Waals surface area contributed by atoms with E-state index in [0.717, 1.165) is 16.3 Å². The molecular formula is C13H8O3. The number of esters is 2. The molecule has 0 saturated carbocycles. The van der Waals surface area contributed by atoms with E-state index in [1.54, 1.807) is 12.1 Å². The van der Waals surface area contributed by atoms with Gasteiger partial charge in [0.25, 0.3) is 0 Å². The third-order valence-corrected chi connectivity index (χ3v) is 2.75. The lowest BCUT2D eigenvalue weighted by Crippen LogP contribution is -2.10. The van der Waals surface area contributed by atoms with Crippen LogP contribution < -0.4 is 0 Å². The summed E-state index contributed by atoms with van der Waals surface area (Å²) < 4.78 is 4.71. The molecule has 0 bridgehead atoms. The molecule has 0 aromatic heterocycles. The number of cyclic esters (lactones) is 2. The van der Waals surface area contributed by atoms with Crippen LogP contribution in [0.5, 0.6) is 0 Å². The van der Waals surface area contributed by atoms with Gasteiger partial charge in [0.1, 0.15) is 0 Å². The number of hydrogen-bond donors (Lipinski definition) is 0. The summed E-state index contributed by atoms with van der Waals surface area (Å²) in [4.78, 5) is 23.0. The van der Waals surface area contributed by atoms with Crippen molar-refractivity contribution in [2.75, 3.05) is 0 Å². The van der Waals surface area contributed by atoms with Gasteiger partial charge in [-0.1, -0.05) is 30.3 Å². The normalized spacial score (nSPS) is 14.8. The zero-order valence-electron chi connectivity index (χ0n) is 8.40. The Bertz CT molecular complexity index is 608. The lowest BCUT2D eigenvalue weighted by atomic mass is 9.98. The second kappa shape index (κ2) is 3.17. The molecule has 1 heterocycles. The molecule has 0 fully saturated rings. The second-order valence-corrected chi connectivity index (χ2v) is 3.76. The van der Waals surface area contributed by atoms with Gasteiger partial charge in [0, 0.05) is 0 Å². The fourth-order valence-electron chi connectivity index (χ4n) is 2.09. The zero-order chi connectivity index (χ0) is 11.1. The van der Waals surface area contributed by atoms with Gasteiger partial charge in [0.05, 0.1) is 12.0 Å². The van der Waals surface area contributed by atoms with Crippen molar-refractivity contribution in [1.82, 2.24) is 0 Å². The van der Waals surface area contributed by atoms with Gasteiger partial charge in [0.2, 0.25) is 0 Å². The lowest BCUT2D eigenvalue weighted by molar-refractivity contribution is -0.137. The van der Waals surface area contributed by atoms with Crippen LogP contribution in [0.4, 0.5) is 0 Å². The van der Waals surface area contributed by atoms with Crippen LogP contribution in [-0.2, 0) is 16.0 Å². The number of ether oxygens (including phenoxy) is 1. The van der Waals surface area contributed by atoms with Gasteiger partial charge in [-0.15, -0.1) is 0 Å². The van der Waals surface area contributed by atoms with Crippen molar-refractivity contribution in [3.05, 3.63) is 47.5 Å². The topological polar surface area (TPSA) is 43.4 Å². The highest BCUT2D eigenvalue weighted by molar-refractivity contribution is 6.11. The van der Waals surface area contributed by atoms with E-state index in [9.17, 15) is 9.59 Å². The summed E-state index contributed by atoms with van der Waals surface area (Å²) in [5.74, 6) is -1.05. The van der Waals surface area contributed by atoms with E-state index >= 15 is 0 Å². The van der Waals surface area contributed by atoms with Crippen molar-refractivity contribution in [2.45, 2.75) is 6.42 Å². The van der Waals surface area contributed by atoms with Gasteiger partial charge in [-0.25, -0.2) is 4.79 Å². The van der Waals surface area contributed by atoms with Crippen LogP contribution in [0.2, 0.25) is 0 Å². The molecule has 0 saturated heterocycles. The van der Waals surface area contributed by atoms with Crippen LogP contribution >= 0.6 is 0 Å². The number of carbonyl (C=O) groups excluding carboxylic acids is 2. The van der Waals surface area contributed by atoms with Crippen LogP contribution in [0, 0.1) is 0 Å². The lowest BCUT2D eigenvalue weighted by Gasteiger charge is -2.04. The maximum Gasteiger partial charge on any atom is 0.346 e. The maximum atomic E-state index is 11.7. The van der Waals surface area contributed by atoms with Gasteiger partial charge >= 0.3 is 11.9 Å². The Morgan fingerprint density at radius 1 is 1.00 bits per heavy atom. The van der Waals surface area contributed by atoms with Crippen molar-refractivity contribution in [3.8, 4) is 0 Å². The number of hydrogen-bond acceptors (Lipinski definition) is 3. The molecule has 1 aliphatic heterocycles. The third kappa shape index (κ3) is 1.21. The molecule has 16 heavy (non-hydrogen) atoms. The fourth-order valence-corrected chi connectivity index (χ4v) is 2.09. The Hall–Kier alpha value is -2.16. The maximum absolute atomic E-state index is 11.7. The quantitative estimate of drug-likeness (QED) is 0.496. The van der Waals surface area contributed by atoms with E-state index in [4.69, 9.17) is 4.74 Å². The van der Waals surface area contributed by atoms with Gasteiger partial charge in [-0.2, -0.15) is 0 Å². The summed E-state index contributed by atoms with van der Waals surface area (Å²) >= 11 is 0. The first kappa shape index (κ1) is 9.09. The number of carbonyl (C=O) groups is 2. The van der Waals surface area contributed by atoms with E-state index in [1.807, 2.05) is 24.3 Å². The first-order valence-electron chi connectivity index (χ1n) is 5.01. The molecule has 0 radical (unpaired) electrons. The first-order valence-corrected chi connectivity index (χ1v) is 5.01. The molecule has 1 aliphatic rings. The molecule has 0 spiro atoms. The summed E-state index contributed by atoms with van der Waals surface area (Å²) in [6.07, 6.45) is 0.153. The zero-order valence-corrected chi connectivity index (χ0v) is 8.40. The molecule has 3 heteroatoms. The summed E-state index contributed by atoms with van der Waals surface area (Å²) in [6, 6.07) is 11.1. The Morgan fingerprint density at radius 3 is 2.56 bits per heavy atom. The molecule has 78 valence electrons. The summed E-state index contributed by atoms with van der Waals surface area (Å²) in [7, 11) is 0. The number of benzene rings is 2. The summed E-state index contributed by atoms with van der Waals surface area (Å²) in [5.41, 5.74) is 1.32. The molecule has 0 amide bonds. The standard InChI is InChI=1S/C13H8O3/c14-11-7-9-5-1-3-8-4-2-6-10(12(8)9)13(15)16-11/h1-6H,7H2. The SMILES string of the molecule is O=C1Cc2cccc3cccc(c23)C(=O)O1. The minimum absolute atomic E-state index is 0.153. The van der Waals surface area contributed by atoms with Crippen LogP contribution in [-0.4, -0.2) is 11.9 Å². The molecule has 2 aromatic carbocycles. The smallest absolute Gasteiger partial charge is 0.346 e. The minimum atomic E-state index is -0.555. The van der Waals surface area contributed by atoms with Crippen LogP contribution in [0.15, 0.2) is 36.4 Å². The van der Waals surface area contributed by atoms with E-state index < -0.39 is 11.9 Å². The van der Waals surface area contributed by atoms with Crippen molar-refractivity contribution in [2.24, 2.45) is 0 Å². The molecule has 0 N–H and O–H groups in total. The van der Waals surface area contributed by atoms with Crippen LogP contribution in [0.25, 0.3) is 10.8 Å². The first-order chi connectivity index (χ1) is 7.75. The van der Waals surface area contributed by atoms with E-state index in [-0.39, 0.29) is 6.42 Å². The van der Waals surface area contributed by atoms with Gasteiger partial charge in [-0.3, -0.25) is 4.79 Å². The molecule has 0 unspecified atom stereocenters. The van der Waals surface area contributed by atoms with E-state index in [2.05, 4.69) is 0 Å². The minimum Gasteiger partial charge on any atom is -0.389 e. The Kier molecular flexibility index (Phi) is 1.80. The Balaban J connectivity index is 2.45. The summed E-state index contributed by atoms with van der Waals surface area (Å²) in [6.45, 7) is 0. The Morgan fingerprint density at radius 2 is 1.75 bits per heavy atom. The highest BCUT2D eigenvalue weighted by atomic mass is 16.6. The summed E-state index contributed by atoms with van der Waals surface area (Å²) in [5, 5.41) is 1.79. The van der Waals surface area contributed by atoms with Gasteiger partial charge < -0.3 is 4.74 Å². The molecule has 3 rings (SSSR count). The Labute approximate surface area is 91.6 Å². The van der Waals surface area contributed by atoms with E-state index in [1.165, 1.54) is 0 Å². The predicted molar refractivity (Wildman–Crippen MR) is 58.1 cm³/mol. The second-order valence-electron chi connectivity index (χ2n) is 3.76. The van der Waals surface area contributed by atoms with Crippen LogP contribution in [0.3, 0.4) is 0 Å². The van der Waals surface area contributed by atoms with Gasteiger partial charge in [0.15, 0.2) is 0 Å². The number of rotatable bonds is 0. The average Bonchev–Trinajstić information content (AvgIpc) is 2.39. The highest BCUT2D eigenvalue weighted by Gasteiger charge is 2.22. The monoisotopic (exact) mass is 212 g/mol. The van der Waals surface area contributed by atoms with Crippen molar-refractivity contribution >= 4 is 22.7 Å². The average molecular weight is 212 g/mol. The fraction of sp³-hybridized carbons (Fsp3) is 0.0769. The van der Waals surface area contributed by atoms with Gasteiger partial charge in [-0.05, 0) is 22.4 Å². The largest absolute Gasteiger partial charge is 0.389 e. The molecule has 0 atom stereocenters. The third-order valence-electron chi connectivity index (χ3n) is 2.75. The van der Waals surface area contributed by atoms with E-state index in [0.29, 0.717) is 5.56 Å². The predicted octanol–water partition coefficient (Wildman–Crippen LogP) is 2.08. The van der Waals surface area contributed by atoms with Crippen molar-refractivity contribution < 1.29 is 14.3 Å². The highest BCUT2D eigenvalue weighted by Crippen LogP contribution is 2.26.